The van der Waals surface area contributed by atoms with Gasteiger partial charge >= 0.3 is 0 Å². The van der Waals surface area contributed by atoms with Crippen molar-refractivity contribution in [3.05, 3.63) is 29.6 Å². The fourth-order valence-corrected chi connectivity index (χ4v) is 4.96. The van der Waals surface area contributed by atoms with Crippen molar-refractivity contribution in [3.8, 4) is 0 Å². The molecule has 1 heterocycles. The van der Waals surface area contributed by atoms with Crippen LogP contribution >= 0.6 is 0 Å². The molecule has 2 fully saturated rings. The first-order valence-electron chi connectivity index (χ1n) is 10.5. The van der Waals surface area contributed by atoms with Crippen molar-refractivity contribution in [1.29, 1.82) is 0 Å². The molecule has 3 nitrogen and oxygen atoms in total. The van der Waals surface area contributed by atoms with Gasteiger partial charge in [-0.15, -0.1) is 0 Å². The maximum Gasteiger partial charge on any atom is 0.0845 e. The third-order valence-electron chi connectivity index (χ3n) is 6.25. The lowest BCUT2D eigenvalue weighted by atomic mass is 9.74. The van der Waals surface area contributed by atoms with Crippen molar-refractivity contribution in [3.63, 3.8) is 0 Å². The molecule has 26 heavy (non-hydrogen) atoms. The van der Waals surface area contributed by atoms with Crippen molar-refractivity contribution in [2.75, 3.05) is 0 Å². The SMILES string of the molecule is CC(=NC1CCCC1)c1cccc(C(C)=NC2C(C)CC(C)CC2C)n1. The average Bonchev–Trinajstić information content (AvgIpc) is 3.11. The summed E-state index contributed by atoms with van der Waals surface area (Å²) in [7, 11) is 0. The summed E-state index contributed by atoms with van der Waals surface area (Å²) in [6.45, 7) is 11.3. The van der Waals surface area contributed by atoms with Gasteiger partial charge < -0.3 is 0 Å². The Labute approximate surface area is 159 Å². The zero-order chi connectivity index (χ0) is 18.7. The van der Waals surface area contributed by atoms with Gasteiger partial charge in [0.05, 0.1) is 34.9 Å². The summed E-state index contributed by atoms with van der Waals surface area (Å²) in [5, 5.41) is 0. The van der Waals surface area contributed by atoms with Gasteiger partial charge in [-0.3, -0.25) is 9.98 Å². The lowest BCUT2D eigenvalue weighted by molar-refractivity contribution is 0.197. The van der Waals surface area contributed by atoms with Crippen molar-refractivity contribution < 1.29 is 0 Å². The fourth-order valence-electron chi connectivity index (χ4n) is 4.96. The van der Waals surface area contributed by atoms with Crippen LogP contribution in [0.3, 0.4) is 0 Å². The van der Waals surface area contributed by atoms with E-state index >= 15 is 0 Å². The van der Waals surface area contributed by atoms with Gasteiger partial charge in [0.15, 0.2) is 0 Å². The van der Waals surface area contributed by atoms with E-state index in [4.69, 9.17) is 15.0 Å². The van der Waals surface area contributed by atoms with E-state index in [1.165, 1.54) is 38.5 Å². The molecule has 0 radical (unpaired) electrons. The van der Waals surface area contributed by atoms with E-state index in [1.807, 2.05) is 0 Å². The molecule has 2 aliphatic rings. The zero-order valence-electron chi connectivity index (χ0n) is 17.2. The average molecular weight is 354 g/mol. The molecule has 2 saturated carbocycles. The zero-order valence-corrected chi connectivity index (χ0v) is 17.2. The van der Waals surface area contributed by atoms with Crippen LogP contribution in [-0.4, -0.2) is 28.5 Å². The molecule has 0 aliphatic heterocycles. The third-order valence-corrected chi connectivity index (χ3v) is 6.25. The van der Waals surface area contributed by atoms with Gasteiger partial charge in [-0.25, -0.2) is 4.98 Å². The highest BCUT2D eigenvalue weighted by atomic mass is 14.9. The summed E-state index contributed by atoms with van der Waals surface area (Å²) in [5.41, 5.74) is 4.14. The Morgan fingerprint density at radius 2 is 1.42 bits per heavy atom. The molecule has 0 N–H and O–H groups in total. The Morgan fingerprint density at radius 1 is 0.885 bits per heavy atom. The standard InChI is InChI=1S/C23H35N3/c1-15-13-16(2)23(17(3)14-15)25-19(5)22-12-8-11-21(26-22)18(4)24-20-9-6-7-10-20/h8,11-12,15-17,20,23H,6-7,9-10,13-14H2,1-5H3. The van der Waals surface area contributed by atoms with E-state index in [2.05, 4.69) is 52.8 Å². The molecular weight excluding hydrogens is 318 g/mol. The van der Waals surface area contributed by atoms with E-state index in [0.717, 1.165) is 28.7 Å². The van der Waals surface area contributed by atoms with Crippen LogP contribution in [0.4, 0.5) is 0 Å². The van der Waals surface area contributed by atoms with Crippen LogP contribution in [0.1, 0.15) is 84.5 Å². The maximum atomic E-state index is 5.12. The van der Waals surface area contributed by atoms with Gasteiger partial charge in [0.2, 0.25) is 0 Å². The molecule has 3 rings (SSSR count). The maximum absolute atomic E-state index is 5.12. The quantitative estimate of drug-likeness (QED) is 0.639. The van der Waals surface area contributed by atoms with E-state index in [1.54, 1.807) is 0 Å². The smallest absolute Gasteiger partial charge is 0.0845 e. The number of aromatic nitrogens is 1. The first-order valence-corrected chi connectivity index (χ1v) is 10.5. The summed E-state index contributed by atoms with van der Waals surface area (Å²) >= 11 is 0. The monoisotopic (exact) mass is 353 g/mol. The molecule has 2 unspecified atom stereocenters. The number of aliphatic imine (C=N–C) groups is 2. The molecule has 0 aromatic carbocycles. The first kappa shape index (κ1) is 19.3. The van der Waals surface area contributed by atoms with Crippen LogP contribution in [0.15, 0.2) is 28.2 Å². The molecular formula is C23H35N3. The van der Waals surface area contributed by atoms with E-state index in [9.17, 15) is 0 Å². The van der Waals surface area contributed by atoms with Gasteiger partial charge in [0.25, 0.3) is 0 Å². The molecule has 142 valence electrons. The summed E-state index contributed by atoms with van der Waals surface area (Å²) in [6, 6.07) is 7.19. The van der Waals surface area contributed by atoms with Crippen LogP contribution in [0.2, 0.25) is 0 Å². The minimum atomic E-state index is 0.421. The largest absolute Gasteiger partial charge is 0.284 e. The van der Waals surface area contributed by atoms with Crippen molar-refractivity contribution in [1.82, 2.24) is 4.98 Å². The highest BCUT2D eigenvalue weighted by molar-refractivity contribution is 6.00. The second-order valence-corrected chi connectivity index (χ2v) is 8.80. The molecule has 2 atom stereocenters. The van der Waals surface area contributed by atoms with Gasteiger partial charge in [-0.05, 0) is 69.4 Å². The minimum absolute atomic E-state index is 0.421. The van der Waals surface area contributed by atoms with E-state index < -0.39 is 0 Å². The number of nitrogens with zero attached hydrogens (tertiary/aromatic N) is 3. The highest BCUT2D eigenvalue weighted by Crippen LogP contribution is 2.35. The van der Waals surface area contributed by atoms with Crippen LogP contribution in [0, 0.1) is 17.8 Å². The number of hydrogen-bond acceptors (Lipinski definition) is 3. The lowest BCUT2D eigenvalue weighted by Gasteiger charge is -2.35. The molecule has 1 aromatic heterocycles. The summed E-state index contributed by atoms with van der Waals surface area (Å²) in [5.74, 6) is 2.12. The normalized spacial score (nSPS) is 31.4. The van der Waals surface area contributed by atoms with Crippen LogP contribution in [-0.2, 0) is 0 Å². The summed E-state index contributed by atoms with van der Waals surface area (Å²) < 4.78 is 0. The van der Waals surface area contributed by atoms with Crippen molar-refractivity contribution >= 4 is 11.4 Å². The van der Waals surface area contributed by atoms with E-state index in [0.29, 0.717) is 23.9 Å². The van der Waals surface area contributed by atoms with Crippen LogP contribution < -0.4 is 0 Å². The van der Waals surface area contributed by atoms with Gasteiger partial charge in [0.1, 0.15) is 0 Å². The van der Waals surface area contributed by atoms with Crippen molar-refractivity contribution in [2.45, 2.75) is 85.2 Å². The highest BCUT2D eigenvalue weighted by Gasteiger charge is 2.31. The number of rotatable bonds is 4. The number of hydrogen-bond donors (Lipinski definition) is 0. The van der Waals surface area contributed by atoms with Gasteiger partial charge in [0, 0.05) is 0 Å². The molecule has 0 amide bonds. The topological polar surface area (TPSA) is 37.6 Å². The molecule has 0 spiro atoms. The second-order valence-electron chi connectivity index (χ2n) is 8.80. The van der Waals surface area contributed by atoms with Crippen molar-refractivity contribution in [2.24, 2.45) is 27.7 Å². The lowest BCUT2D eigenvalue weighted by Crippen LogP contribution is -2.33. The molecule has 2 aliphatic carbocycles. The Morgan fingerprint density at radius 3 is 2.00 bits per heavy atom. The van der Waals surface area contributed by atoms with Crippen LogP contribution in [0.5, 0.6) is 0 Å². The molecule has 1 aromatic rings. The van der Waals surface area contributed by atoms with Gasteiger partial charge in [-0.2, -0.15) is 0 Å². The Balaban J connectivity index is 1.78. The van der Waals surface area contributed by atoms with Crippen LogP contribution in [0.25, 0.3) is 0 Å². The summed E-state index contributed by atoms with van der Waals surface area (Å²) in [6.07, 6.45) is 7.66. The van der Waals surface area contributed by atoms with E-state index in [-0.39, 0.29) is 0 Å². The summed E-state index contributed by atoms with van der Waals surface area (Å²) in [4.78, 5) is 14.9. The predicted molar refractivity (Wildman–Crippen MR) is 111 cm³/mol. The Hall–Kier alpha value is -1.51. The third kappa shape index (κ3) is 4.61. The fraction of sp³-hybridized carbons (Fsp3) is 0.696. The molecule has 3 heteroatoms. The number of pyridine rings is 1. The molecule has 0 saturated heterocycles. The Bertz CT molecular complexity index is 658. The second kappa shape index (κ2) is 8.45. The predicted octanol–water partition coefficient (Wildman–Crippen LogP) is 5.71. The first-order chi connectivity index (χ1) is 12.4. The minimum Gasteiger partial charge on any atom is -0.284 e. The molecule has 0 bridgehead atoms. The van der Waals surface area contributed by atoms with Gasteiger partial charge in [-0.1, -0.05) is 39.7 Å². The Kier molecular flexibility index (Phi) is 6.26.